The number of para-hydroxylation sites is 1. The monoisotopic (exact) mass is 452 g/mol. The molecule has 3 aromatic rings. The molecule has 0 unspecified atom stereocenters. The van der Waals surface area contributed by atoms with E-state index in [1.165, 1.54) is 16.7 Å². The molecular formula is C23H24N4O2S2. The third kappa shape index (κ3) is 3.81. The number of amidine groups is 1. The second-order valence-corrected chi connectivity index (χ2v) is 9.30. The van der Waals surface area contributed by atoms with Gasteiger partial charge in [0.05, 0.1) is 11.4 Å². The second kappa shape index (κ2) is 8.72. The van der Waals surface area contributed by atoms with Gasteiger partial charge in [0.1, 0.15) is 11.4 Å². The fourth-order valence-electron chi connectivity index (χ4n) is 3.45. The molecule has 0 saturated carbocycles. The summed E-state index contributed by atoms with van der Waals surface area (Å²) in [7, 11) is 1.83. The number of carbonyl (C=O) groups excluding carboxylic acids is 1. The summed E-state index contributed by atoms with van der Waals surface area (Å²) in [5.74, 6) is 0.546. The van der Waals surface area contributed by atoms with Crippen LogP contribution in [0, 0.1) is 13.8 Å². The van der Waals surface area contributed by atoms with Crippen LogP contribution in [0.2, 0.25) is 0 Å². The molecule has 0 aliphatic carbocycles. The zero-order chi connectivity index (χ0) is 22.1. The fourth-order valence-corrected chi connectivity index (χ4v) is 5.16. The van der Waals surface area contributed by atoms with Crippen LogP contribution in [0.5, 0.6) is 0 Å². The Hall–Kier alpha value is -2.84. The van der Waals surface area contributed by atoms with E-state index in [2.05, 4.69) is 11.9 Å². The number of aliphatic imine (C=N–C) groups is 1. The summed E-state index contributed by atoms with van der Waals surface area (Å²) in [6, 6.07) is 11.5. The summed E-state index contributed by atoms with van der Waals surface area (Å²) in [5, 5.41) is 2.55. The van der Waals surface area contributed by atoms with Gasteiger partial charge in [0.25, 0.3) is 11.5 Å². The van der Waals surface area contributed by atoms with Crippen molar-refractivity contribution in [3.8, 4) is 5.69 Å². The second-order valence-electron chi connectivity index (χ2n) is 7.29. The number of amides is 1. The zero-order valence-electron chi connectivity index (χ0n) is 18.0. The molecule has 4 rings (SSSR count). The Morgan fingerprint density at radius 2 is 1.87 bits per heavy atom. The van der Waals surface area contributed by atoms with Crippen molar-refractivity contribution >= 4 is 45.9 Å². The maximum Gasteiger partial charge on any atom is 0.296 e. The average molecular weight is 453 g/mol. The number of aryl methyl sites for hydroxylation is 1. The number of benzene rings is 1. The first kappa shape index (κ1) is 21.4. The molecule has 0 radical (unpaired) electrons. The summed E-state index contributed by atoms with van der Waals surface area (Å²) in [6.07, 6.45) is 2.76. The molecule has 1 aliphatic heterocycles. The van der Waals surface area contributed by atoms with Crippen LogP contribution in [0.15, 0.2) is 57.3 Å². The molecular weight excluding hydrogens is 428 g/mol. The average Bonchev–Trinajstić information content (AvgIpc) is 3.37. The molecule has 1 aromatic carbocycles. The van der Waals surface area contributed by atoms with Gasteiger partial charge in [0.15, 0.2) is 5.17 Å². The van der Waals surface area contributed by atoms with Crippen LogP contribution in [0.25, 0.3) is 11.8 Å². The van der Waals surface area contributed by atoms with Crippen LogP contribution in [-0.2, 0) is 11.8 Å². The van der Waals surface area contributed by atoms with Crippen molar-refractivity contribution < 1.29 is 4.79 Å². The zero-order valence-corrected chi connectivity index (χ0v) is 19.6. The summed E-state index contributed by atoms with van der Waals surface area (Å²) < 4.78 is 3.37. The molecule has 2 aromatic heterocycles. The number of aromatic nitrogens is 2. The summed E-state index contributed by atoms with van der Waals surface area (Å²) in [5.41, 5.74) is 3.03. The van der Waals surface area contributed by atoms with Crippen LogP contribution >= 0.6 is 23.1 Å². The first-order valence-corrected chi connectivity index (χ1v) is 12.0. The minimum absolute atomic E-state index is 0.238. The van der Waals surface area contributed by atoms with Crippen molar-refractivity contribution in [2.24, 2.45) is 12.0 Å². The number of carbonyl (C=O) groups is 1. The van der Waals surface area contributed by atoms with Crippen molar-refractivity contribution in [2.45, 2.75) is 27.2 Å². The minimum Gasteiger partial charge on any atom is -0.283 e. The number of hydrogen-bond acceptors (Lipinski definition) is 5. The van der Waals surface area contributed by atoms with E-state index in [0.717, 1.165) is 28.3 Å². The van der Waals surface area contributed by atoms with Gasteiger partial charge in [-0.1, -0.05) is 36.9 Å². The molecule has 0 spiro atoms. The molecule has 8 heteroatoms. The quantitative estimate of drug-likeness (QED) is 0.525. The fraction of sp³-hybridized carbons (Fsp3) is 0.261. The smallest absolute Gasteiger partial charge is 0.283 e. The van der Waals surface area contributed by atoms with Gasteiger partial charge in [0.2, 0.25) is 0 Å². The minimum atomic E-state index is -0.266. The highest BCUT2D eigenvalue weighted by Gasteiger charge is 2.36. The van der Waals surface area contributed by atoms with Gasteiger partial charge in [-0.2, -0.15) is 0 Å². The summed E-state index contributed by atoms with van der Waals surface area (Å²) >= 11 is 3.07. The molecule has 0 bridgehead atoms. The first-order chi connectivity index (χ1) is 14.9. The van der Waals surface area contributed by atoms with Crippen LogP contribution in [-0.4, -0.2) is 26.2 Å². The molecule has 0 saturated heterocycles. The van der Waals surface area contributed by atoms with Gasteiger partial charge in [-0.05, 0) is 55.5 Å². The van der Waals surface area contributed by atoms with E-state index in [4.69, 9.17) is 0 Å². The molecule has 31 heavy (non-hydrogen) atoms. The van der Waals surface area contributed by atoms with E-state index < -0.39 is 0 Å². The largest absolute Gasteiger partial charge is 0.296 e. The lowest BCUT2D eigenvalue weighted by Crippen LogP contribution is -2.35. The Morgan fingerprint density at radius 1 is 1.13 bits per heavy atom. The number of rotatable bonds is 5. The number of anilines is 1. The lowest BCUT2D eigenvalue weighted by atomic mass is 10.2. The number of thiophene rings is 1. The molecule has 1 amide bonds. The molecule has 3 heterocycles. The standard InChI is InChI=1S/C23H24N4O2S2/c1-5-12-31-23-24-18(14-19-15(2)11-13-30-19)21(28)26(23)20-16(3)25(4)27(22(20)29)17-9-7-6-8-10-17/h6-11,13-14H,5,12H2,1-4H3/b18-14-. The topological polar surface area (TPSA) is 59.6 Å². The van der Waals surface area contributed by atoms with Gasteiger partial charge in [-0.3, -0.25) is 14.3 Å². The first-order valence-electron chi connectivity index (χ1n) is 10.1. The van der Waals surface area contributed by atoms with Crippen molar-refractivity contribution in [3.63, 3.8) is 0 Å². The SMILES string of the molecule is CCCSC1=N/C(=C\c2sccc2C)C(=O)N1c1c(C)n(C)n(-c2ccccc2)c1=O. The van der Waals surface area contributed by atoms with E-state index in [0.29, 0.717) is 22.2 Å². The number of hydrogen-bond donors (Lipinski definition) is 0. The normalized spacial score (nSPS) is 15.2. The van der Waals surface area contributed by atoms with Crippen molar-refractivity contribution in [3.05, 3.63) is 74.0 Å². The number of thioether (sulfide) groups is 1. The maximum absolute atomic E-state index is 13.5. The van der Waals surface area contributed by atoms with Gasteiger partial charge in [-0.25, -0.2) is 14.6 Å². The predicted octanol–water partition coefficient (Wildman–Crippen LogP) is 4.74. The molecule has 160 valence electrons. The van der Waals surface area contributed by atoms with Crippen LogP contribution in [0.3, 0.4) is 0 Å². The highest BCUT2D eigenvalue weighted by atomic mass is 32.2. The Bertz CT molecular complexity index is 1250. The Labute approximate surface area is 189 Å². The van der Waals surface area contributed by atoms with Crippen LogP contribution < -0.4 is 10.5 Å². The highest BCUT2D eigenvalue weighted by molar-refractivity contribution is 8.14. The van der Waals surface area contributed by atoms with Crippen LogP contribution in [0.4, 0.5) is 5.69 Å². The molecule has 6 nitrogen and oxygen atoms in total. The number of nitrogens with zero attached hydrogens (tertiary/aromatic N) is 4. The highest BCUT2D eigenvalue weighted by Crippen LogP contribution is 2.31. The Morgan fingerprint density at radius 3 is 2.52 bits per heavy atom. The Kier molecular flexibility index (Phi) is 6.02. The van der Waals surface area contributed by atoms with E-state index in [1.54, 1.807) is 20.7 Å². The maximum atomic E-state index is 13.5. The lowest BCUT2D eigenvalue weighted by Gasteiger charge is -2.16. The van der Waals surface area contributed by atoms with Crippen LogP contribution in [0.1, 0.15) is 29.5 Å². The van der Waals surface area contributed by atoms with E-state index in [-0.39, 0.29) is 11.5 Å². The molecule has 0 atom stereocenters. The van der Waals surface area contributed by atoms with Gasteiger partial charge in [0, 0.05) is 17.7 Å². The van der Waals surface area contributed by atoms with Gasteiger partial charge >= 0.3 is 0 Å². The predicted molar refractivity (Wildman–Crippen MR) is 130 cm³/mol. The van der Waals surface area contributed by atoms with Gasteiger partial charge in [-0.15, -0.1) is 11.3 Å². The Balaban J connectivity index is 1.84. The van der Waals surface area contributed by atoms with E-state index in [1.807, 2.05) is 68.7 Å². The van der Waals surface area contributed by atoms with E-state index in [9.17, 15) is 9.59 Å². The van der Waals surface area contributed by atoms with Crippen molar-refractivity contribution in [1.82, 2.24) is 9.36 Å². The third-order valence-corrected chi connectivity index (χ3v) is 7.29. The molecule has 0 fully saturated rings. The summed E-state index contributed by atoms with van der Waals surface area (Å²) in [4.78, 5) is 34.1. The lowest BCUT2D eigenvalue weighted by molar-refractivity contribution is -0.113. The summed E-state index contributed by atoms with van der Waals surface area (Å²) in [6.45, 7) is 5.95. The van der Waals surface area contributed by atoms with Gasteiger partial charge < -0.3 is 0 Å². The van der Waals surface area contributed by atoms with Crippen molar-refractivity contribution in [2.75, 3.05) is 10.7 Å². The van der Waals surface area contributed by atoms with E-state index >= 15 is 0 Å². The molecule has 1 aliphatic rings. The molecule has 0 N–H and O–H groups in total. The third-order valence-electron chi connectivity index (χ3n) is 5.18. The van der Waals surface area contributed by atoms with Crippen molar-refractivity contribution in [1.29, 1.82) is 0 Å².